The van der Waals surface area contributed by atoms with E-state index in [-0.39, 0.29) is 6.04 Å². The second-order valence-corrected chi connectivity index (χ2v) is 4.48. The quantitative estimate of drug-likeness (QED) is 0.585. The predicted octanol–water partition coefficient (Wildman–Crippen LogP) is 1.59. The molecule has 0 fully saturated rings. The number of nitrogens with one attached hydrogen (secondary N) is 1. The number of aromatic nitrogens is 3. The van der Waals surface area contributed by atoms with Gasteiger partial charge in [-0.3, -0.25) is 16.0 Å². The average molecular weight is 263 g/mol. The van der Waals surface area contributed by atoms with Gasteiger partial charge in [-0.1, -0.05) is 13.8 Å². The van der Waals surface area contributed by atoms with E-state index >= 15 is 0 Å². The summed E-state index contributed by atoms with van der Waals surface area (Å²) in [6.07, 6.45) is 5.87. The third-order valence-electron chi connectivity index (χ3n) is 3.20. The van der Waals surface area contributed by atoms with Gasteiger partial charge in [-0.2, -0.15) is 5.10 Å². The summed E-state index contributed by atoms with van der Waals surface area (Å²) in [6, 6.07) is 1.96. The summed E-state index contributed by atoms with van der Waals surface area (Å²) >= 11 is 0. The number of hydrazine groups is 1. The van der Waals surface area contributed by atoms with E-state index < -0.39 is 0 Å². The van der Waals surface area contributed by atoms with Gasteiger partial charge < -0.3 is 4.42 Å². The Morgan fingerprint density at radius 2 is 2.32 bits per heavy atom. The Kier molecular flexibility index (Phi) is 4.70. The molecule has 6 heteroatoms. The molecule has 2 aromatic rings. The predicted molar refractivity (Wildman–Crippen MR) is 72.2 cm³/mol. The topological polar surface area (TPSA) is 81.9 Å². The monoisotopic (exact) mass is 263 g/mol. The van der Waals surface area contributed by atoms with Crippen LogP contribution in [-0.2, 0) is 19.4 Å². The zero-order chi connectivity index (χ0) is 13.7. The molecular weight excluding hydrogens is 242 g/mol. The fourth-order valence-corrected chi connectivity index (χ4v) is 2.23. The van der Waals surface area contributed by atoms with Crippen LogP contribution in [0.4, 0.5) is 0 Å². The van der Waals surface area contributed by atoms with Gasteiger partial charge in [0.15, 0.2) is 0 Å². The van der Waals surface area contributed by atoms with Crippen LogP contribution in [0, 0.1) is 0 Å². The molecule has 3 N–H and O–H groups in total. The SMILES string of the molecule is CCCn1ncnc1CC(NN)c1ccoc1CC. The molecule has 2 aromatic heterocycles. The molecule has 0 bridgehead atoms. The number of hydrogen-bond acceptors (Lipinski definition) is 5. The van der Waals surface area contributed by atoms with Gasteiger partial charge in [-0.05, 0) is 12.5 Å². The zero-order valence-corrected chi connectivity index (χ0v) is 11.5. The van der Waals surface area contributed by atoms with E-state index in [9.17, 15) is 0 Å². The summed E-state index contributed by atoms with van der Waals surface area (Å²) in [4.78, 5) is 4.31. The molecule has 0 aromatic carbocycles. The van der Waals surface area contributed by atoms with Gasteiger partial charge in [0.05, 0.1) is 12.3 Å². The van der Waals surface area contributed by atoms with Crippen LogP contribution in [-0.4, -0.2) is 14.8 Å². The standard InChI is InChI=1S/C13H21N5O/c1-3-6-18-13(15-9-16-18)8-11(17-14)10-5-7-19-12(10)4-2/h5,7,9,11,17H,3-4,6,8,14H2,1-2H3. The van der Waals surface area contributed by atoms with E-state index in [4.69, 9.17) is 10.3 Å². The molecule has 0 spiro atoms. The number of furan rings is 1. The van der Waals surface area contributed by atoms with Crippen molar-refractivity contribution in [2.45, 2.75) is 45.7 Å². The van der Waals surface area contributed by atoms with Crippen molar-refractivity contribution >= 4 is 0 Å². The first-order valence-corrected chi connectivity index (χ1v) is 6.69. The van der Waals surface area contributed by atoms with Gasteiger partial charge in [0.25, 0.3) is 0 Å². The lowest BCUT2D eigenvalue weighted by atomic mass is 10.0. The lowest BCUT2D eigenvalue weighted by Crippen LogP contribution is -2.30. The van der Waals surface area contributed by atoms with E-state index in [0.29, 0.717) is 6.42 Å². The number of rotatable bonds is 7. The summed E-state index contributed by atoms with van der Waals surface area (Å²) in [5.74, 6) is 7.58. The van der Waals surface area contributed by atoms with Crippen LogP contribution in [0.1, 0.15) is 43.5 Å². The second-order valence-electron chi connectivity index (χ2n) is 4.48. The molecule has 0 amide bonds. The van der Waals surface area contributed by atoms with Gasteiger partial charge in [0.1, 0.15) is 17.9 Å². The second kappa shape index (κ2) is 6.49. The van der Waals surface area contributed by atoms with Crippen LogP contribution in [0.3, 0.4) is 0 Å². The van der Waals surface area contributed by atoms with Crippen molar-refractivity contribution in [1.29, 1.82) is 0 Å². The van der Waals surface area contributed by atoms with Crippen LogP contribution < -0.4 is 11.3 Å². The molecule has 6 nitrogen and oxygen atoms in total. The smallest absolute Gasteiger partial charge is 0.138 e. The minimum Gasteiger partial charge on any atom is -0.469 e. The molecule has 0 radical (unpaired) electrons. The minimum absolute atomic E-state index is 0.00601. The van der Waals surface area contributed by atoms with Gasteiger partial charge in [0, 0.05) is 24.9 Å². The lowest BCUT2D eigenvalue weighted by Gasteiger charge is -2.15. The third kappa shape index (κ3) is 3.02. The first kappa shape index (κ1) is 13.8. The van der Waals surface area contributed by atoms with E-state index in [1.54, 1.807) is 12.6 Å². The molecule has 0 saturated carbocycles. The summed E-state index contributed by atoms with van der Waals surface area (Å²) in [5, 5.41) is 4.23. The van der Waals surface area contributed by atoms with Gasteiger partial charge in [-0.25, -0.2) is 4.98 Å². The van der Waals surface area contributed by atoms with Crippen LogP contribution >= 0.6 is 0 Å². The highest BCUT2D eigenvalue weighted by Gasteiger charge is 2.18. The van der Waals surface area contributed by atoms with Gasteiger partial charge >= 0.3 is 0 Å². The Balaban J connectivity index is 2.17. The number of nitrogens with zero attached hydrogens (tertiary/aromatic N) is 3. The Bertz CT molecular complexity index is 505. The molecule has 104 valence electrons. The van der Waals surface area contributed by atoms with Crippen molar-refractivity contribution in [3.63, 3.8) is 0 Å². The Morgan fingerprint density at radius 3 is 3.00 bits per heavy atom. The molecule has 1 unspecified atom stereocenters. The van der Waals surface area contributed by atoms with Crippen molar-refractivity contribution in [1.82, 2.24) is 20.2 Å². The summed E-state index contributed by atoms with van der Waals surface area (Å²) in [7, 11) is 0. The van der Waals surface area contributed by atoms with Crippen LogP contribution in [0.15, 0.2) is 23.1 Å². The van der Waals surface area contributed by atoms with Gasteiger partial charge in [0.2, 0.25) is 0 Å². The molecule has 2 heterocycles. The number of hydrogen-bond donors (Lipinski definition) is 2. The van der Waals surface area contributed by atoms with Crippen LogP contribution in [0.5, 0.6) is 0 Å². The molecule has 0 saturated heterocycles. The fraction of sp³-hybridized carbons (Fsp3) is 0.538. The Morgan fingerprint density at radius 1 is 1.47 bits per heavy atom. The molecule has 0 aliphatic rings. The van der Waals surface area contributed by atoms with Crippen molar-refractivity contribution in [2.75, 3.05) is 0 Å². The maximum Gasteiger partial charge on any atom is 0.138 e. The normalized spacial score (nSPS) is 12.8. The van der Waals surface area contributed by atoms with Crippen LogP contribution in [0.2, 0.25) is 0 Å². The molecule has 2 rings (SSSR count). The van der Waals surface area contributed by atoms with Crippen molar-refractivity contribution in [3.8, 4) is 0 Å². The summed E-state index contributed by atoms with van der Waals surface area (Å²) in [6.45, 7) is 5.06. The zero-order valence-electron chi connectivity index (χ0n) is 11.5. The highest BCUT2D eigenvalue weighted by Crippen LogP contribution is 2.22. The van der Waals surface area contributed by atoms with Crippen molar-refractivity contribution < 1.29 is 4.42 Å². The minimum atomic E-state index is -0.00601. The summed E-state index contributed by atoms with van der Waals surface area (Å²) < 4.78 is 7.38. The van der Waals surface area contributed by atoms with Crippen molar-refractivity contribution in [3.05, 3.63) is 35.8 Å². The Hall–Kier alpha value is -1.66. The maximum absolute atomic E-state index is 5.68. The van der Waals surface area contributed by atoms with Gasteiger partial charge in [-0.15, -0.1) is 0 Å². The highest BCUT2D eigenvalue weighted by atomic mass is 16.3. The Labute approximate surface area is 113 Å². The molecular formula is C13H21N5O. The van der Waals surface area contributed by atoms with E-state index in [2.05, 4.69) is 29.4 Å². The fourth-order valence-electron chi connectivity index (χ4n) is 2.23. The summed E-state index contributed by atoms with van der Waals surface area (Å²) in [5.41, 5.74) is 3.94. The third-order valence-corrected chi connectivity index (χ3v) is 3.20. The molecule has 1 atom stereocenters. The first-order chi connectivity index (χ1) is 9.30. The lowest BCUT2D eigenvalue weighted by molar-refractivity contribution is 0.471. The average Bonchev–Trinajstić information content (AvgIpc) is 3.05. The first-order valence-electron chi connectivity index (χ1n) is 6.69. The van der Waals surface area contributed by atoms with Crippen molar-refractivity contribution in [2.24, 2.45) is 5.84 Å². The maximum atomic E-state index is 5.68. The molecule has 0 aliphatic heterocycles. The molecule has 19 heavy (non-hydrogen) atoms. The van der Waals surface area contributed by atoms with E-state index in [1.165, 1.54) is 0 Å². The number of nitrogens with two attached hydrogens (primary N) is 1. The highest BCUT2D eigenvalue weighted by molar-refractivity contribution is 5.22. The van der Waals surface area contributed by atoms with E-state index in [1.807, 2.05) is 10.7 Å². The van der Waals surface area contributed by atoms with E-state index in [0.717, 1.165) is 36.5 Å². The number of aryl methyl sites for hydroxylation is 2. The molecule has 0 aliphatic carbocycles. The van der Waals surface area contributed by atoms with Crippen LogP contribution in [0.25, 0.3) is 0 Å². The largest absolute Gasteiger partial charge is 0.469 e.